The lowest BCUT2D eigenvalue weighted by Crippen LogP contribution is -2.05. The van der Waals surface area contributed by atoms with Crippen LogP contribution < -0.4 is 0 Å². The van der Waals surface area contributed by atoms with Crippen molar-refractivity contribution >= 4 is 0 Å². The van der Waals surface area contributed by atoms with Crippen molar-refractivity contribution in [3.05, 3.63) is 107 Å². The molecule has 0 bridgehead atoms. The SMILES string of the molecule is C[C@@H](Cc1ccc(-c2ccc(CCC3=CC=C(F)CC3)cc2)cc1)C1=CC=CCC1. The highest BCUT2D eigenvalue weighted by Crippen LogP contribution is 2.27. The smallest absolute Gasteiger partial charge is 0.100 e. The number of benzene rings is 2. The van der Waals surface area contributed by atoms with E-state index < -0.39 is 0 Å². The topological polar surface area (TPSA) is 0 Å². The normalized spacial score (nSPS) is 17.2. The van der Waals surface area contributed by atoms with Crippen LogP contribution in [0.15, 0.2) is 95.9 Å². The molecule has 1 atom stereocenters. The Morgan fingerprint density at radius 2 is 1.47 bits per heavy atom. The molecular formula is C29H31F. The van der Waals surface area contributed by atoms with Crippen LogP contribution in [0.2, 0.25) is 0 Å². The van der Waals surface area contributed by atoms with Crippen LogP contribution >= 0.6 is 0 Å². The van der Waals surface area contributed by atoms with Crippen LogP contribution in [0.3, 0.4) is 0 Å². The van der Waals surface area contributed by atoms with E-state index in [-0.39, 0.29) is 5.83 Å². The van der Waals surface area contributed by atoms with E-state index in [2.05, 4.69) is 73.7 Å². The van der Waals surface area contributed by atoms with Gasteiger partial charge in [0.25, 0.3) is 0 Å². The third-order valence-corrected chi connectivity index (χ3v) is 6.38. The first kappa shape index (κ1) is 20.6. The van der Waals surface area contributed by atoms with Crippen LogP contribution in [0.5, 0.6) is 0 Å². The predicted octanol–water partition coefficient (Wildman–Crippen LogP) is 8.31. The summed E-state index contributed by atoms with van der Waals surface area (Å²) >= 11 is 0. The number of hydrogen-bond acceptors (Lipinski definition) is 0. The third-order valence-electron chi connectivity index (χ3n) is 6.38. The lowest BCUT2D eigenvalue weighted by Gasteiger charge is -2.17. The molecule has 0 unspecified atom stereocenters. The molecule has 0 amide bonds. The summed E-state index contributed by atoms with van der Waals surface area (Å²) in [6.07, 6.45) is 17.3. The van der Waals surface area contributed by atoms with Gasteiger partial charge in [0.1, 0.15) is 5.83 Å². The van der Waals surface area contributed by atoms with Crippen molar-refractivity contribution in [3.8, 4) is 11.1 Å². The largest absolute Gasteiger partial charge is 0.212 e. The van der Waals surface area contributed by atoms with Crippen LogP contribution in [0.25, 0.3) is 11.1 Å². The fraction of sp³-hybridized carbons (Fsp3) is 0.310. The summed E-state index contributed by atoms with van der Waals surface area (Å²) in [5.74, 6) is 0.609. The average molecular weight is 399 g/mol. The molecule has 30 heavy (non-hydrogen) atoms. The van der Waals surface area contributed by atoms with E-state index >= 15 is 0 Å². The quantitative estimate of drug-likeness (QED) is 0.440. The van der Waals surface area contributed by atoms with Gasteiger partial charge in [-0.2, -0.15) is 0 Å². The van der Waals surface area contributed by atoms with Crippen molar-refractivity contribution in [2.24, 2.45) is 5.92 Å². The predicted molar refractivity (Wildman–Crippen MR) is 126 cm³/mol. The molecule has 1 heteroatoms. The minimum absolute atomic E-state index is 0.00630. The van der Waals surface area contributed by atoms with E-state index in [4.69, 9.17) is 0 Å². The molecule has 154 valence electrons. The van der Waals surface area contributed by atoms with Crippen LogP contribution in [0.1, 0.15) is 50.2 Å². The molecule has 0 aromatic heterocycles. The molecule has 4 rings (SSSR count). The Morgan fingerprint density at radius 3 is 2.07 bits per heavy atom. The monoisotopic (exact) mass is 398 g/mol. The first-order valence-electron chi connectivity index (χ1n) is 11.3. The highest BCUT2D eigenvalue weighted by molar-refractivity contribution is 5.64. The van der Waals surface area contributed by atoms with Crippen molar-refractivity contribution in [3.63, 3.8) is 0 Å². The Morgan fingerprint density at radius 1 is 0.767 bits per heavy atom. The maximum absolute atomic E-state index is 13.1. The summed E-state index contributed by atoms with van der Waals surface area (Å²) in [6, 6.07) is 18.0. The Balaban J connectivity index is 1.34. The molecule has 0 spiro atoms. The molecule has 0 nitrogen and oxygen atoms in total. The van der Waals surface area contributed by atoms with Gasteiger partial charge in [-0.3, -0.25) is 0 Å². The molecule has 0 heterocycles. The lowest BCUT2D eigenvalue weighted by molar-refractivity contribution is 0.577. The lowest BCUT2D eigenvalue weighted by atomic mass is 9.88. The number of aryl methyl sites for hydroxylation is 1. The van der Waals surface area contributed by atoms with Crippen LogP contribution in [-0.4, -0.2) is 0 Å². The second kappa shape index (κ2) is 9.89. The number of halogens is 1. The van der Waals surface area contributed by atoms with Crippen LogP contribution in [0.4, 0.5) is 4.39 Å². The van der Waals surface area contributed by atoms with E-state index in [1.807, 2.05) is 6.08 Å². The molecule has 2 aromatic carbocycles. The van der Waals surface area contributed by atoms with Crippen LogP contribution in [-0.2, 0) is 12.8 Å². The van der Waals surface area contributed by atoms with Gasteiger partial charge in [0.05, 0.1) is 0 Å². The third kappa shape index (κ3) is 5.48. The van der Waals surface area contributed by atoms with Gasteiger partial charge in [-0.05, 0) is 72.8 Å². The maximum atomic E-state index is 13.1. The molecule has 0 saturated heterocycles. The number of hydrogen-bond donors (Lipinski definition) is 0. The van der Waals surface area contributed by atoms with Gasteiger partial charge in [-0.1, -0.05) is 90.9 Å². The summed E-state index contributed by atoms with van der Waals surface area (Å²) in [4.78, 5) is 0. The molecule has 0 fully saturated rings. The molecule has 0 aliphatic heterocycles. The molecular weight excluding hydrogens is 367 g/mol. The summed E-state index contributed by atoms with van der Waals surface area (Å²) in [5, 5.41) is 0. The van der Waals surface area contributed by atoms with Gasteiger partial charge >= 0.3 is 0 Å². The minimum atomic E-state index is 0.00630. The Labute approximate surface area is 180 Å². The van der Waals surface area contributed by atoms with E-state index in [0.717, 1.165) is 25.7 Å². The zero-order valence-electron chi connectivity index (χ0n) is 17.9. The highest BCUT2D eigenvalue weighted by Gasteiger charge is 2.11. The summed E-state index contributed by atoms with van der Waals surface area (Å²) in [7, 11) is 0. The Kier molecular flexibility index (Phi) is 6.79. The molecule has 0 N–H and O–H groups in total. The zero-order valence-corrected chi connectivity index (χ0v) is 17.9. The van der Waals surface area contributed by atoms with E-state index in [9.17, 15) is 4.39 Å². The first-order valence-corrected chi connectivity index (χ1v) is 11.3. The summed E-state index contributed by atoms with van der Waals surface area (Å²) < 4.78 is 13.1. The molecule has 2 aliphatic carbocycles. The zero-order chi connectivity index (χ0) is 20.8. The summed E-state index contributed by atoms with van der Waals surface area (Å²) in [6.45, 7) is 2.34. The van der Waals surface area contributed by atoms with Gasteiger partial charge in [0, 0.05) is 6.42 Å². The molecule has 2 aliphatic rings. The van der Waals surface area contributed by atoms with Gasteiger partial charge in [0.2, 0.25) is 0 Å². The van der Waals surface area contributed by atoms with Crippen molar-refractivity contribution in [2.75, 3.05) is 0 Å². The van der Waals surface area contributed by atoms with E-state index in [1.54, 1.807) is 11.6 Å². The Bertz CT molecular complexity index is 968. The minimum Gasteiger partial charge on any atom is -0.212 e. The number of rotatable bonds is 7. The fourth-order valence-electron chi connectivity index (χ4n) is 4.38. The second-order valence-corrected chi connectivity index (χ2v) is 8.65. The van der Waals surface area contributed by atoms with E-state index in [1.165, 1.54) is 40.7 Å². The molecule has 0 radical (unpaired) electrons. The van der Waals surface area contributed by atoms with Gasteiger partial charge in [-0.25, -0.2) is 4.39 Å². The van der Waals surface area contributed by atoms with Crippen molar-refractivity contribution in [2.45, 2.75) is 51.9 Å². The number of allylic oxidation sites excluding steroid dienone is 8. The Hall–Kier alpha value is -2.67. The van der Waals surface area contributed by atoms with Crippen LogP contribution in [0, 0.1) is 5.92 Å². The maximum Gasteiger partial charge on any atom is 0.100 e. The van der Waals surface area contributed by atoms with Crippen molar-refractivity contribution < 1.29 is 4.39 Å². The van der Waals surface area contributed by atoms with Gasteiger partial charge in [0.15, 0.2) is 0 Å². The highest BCUT2D eigenvalue weighted by atomic mass is 19.1. The first-order chi connectivity index (χ1) is 14.7. The van der Waals surface area contributed by atoms with Crippen molar-refractivity contribution in [1.82, 2.24) is 0 Å². The standard InChI is InChI=1S/C29H31F/c1-22(26-5-3-2-4-6-26)21-25-11-17-28(18-12-25)27-15-9-23(10-16-27)7-8-24-13-19-29(30)20-14-24/h2-3,5,9-13,15-19,22H,4,6-8,14,20-21H2,1H3/t22-/m0/s1. The fourth-order valence-corrected chi connectivity index (χ4v) is 4.38. The van der Waals surface area contributed by atoms with Gasteiger partial charge < -0.3 is 0 Å². The molecule has 2 aromatic rings. The van der Waals surface area contributed by atoms with Crippen molar-refractivity contribution in [1.29, 1.82) is 0 Å². The second-order valence-electron chi connectivity index (χ2n) is 8.65. The van der Waals surface area contributed by atoms with E-state index in [0.29, 0.717) is 12.3 Å². The van der Waals surface area contributed by atoms with Gasteiger partial charge in [-0.15, -0.1) is 0 Å². The average Bonchev–Trinajstić information content (AvgIpc) is 2.80. The summed E-state index contributed by atoms with van der Waals surface area (Å²) in [5.41, 5.74) is 8.21. The molecule has 0 saturated carbocycles.